The molecule has 25 heavy (non-hydrogen) atoms. The fraction of sp³-hybridized carbons (Fsp3) is 0.722. The van der Waals surface area contributed by atoms with E-state index in [1.807, 2.05) is 13.1 Å². The second-order valence-electron chi connectivity index (χ2n) is 7.78. The fourth-order valence-corrected chi connectivity index (χ4v) is 3.03. The average Bonchev–Trinajstić information content (AvgIpc) is 3.22. The first-order chi connectivity index (χ1) is 11.9. The molecular weight excluding hydrogens is 318 g/mol. The molecule has 3 rings (SSSR count). The van der Waals surface area contributed by atoms with Crippen molar-refractivity contribution in [3.8, 4) is 0 Å². The van der Waals surface area contributed by atoms with E-state index in [1.54, 1.807) is 0 Å². The molecule has 0 saturated carbocycles. The van der Waals surface area contributed by atoms with Crippen LogP contribution in [0.2, 0.25) is 0 Å². The monoisotopic (exact) mass is 347 g/mol. The molecule has 0 bridgehead atoms. The summed E-state index contributed by atoms with van der Waals surface area (Å²) in [5.41, 5.74) is -0.00513. The van der Waals surface area contributed by atoms with Crippen LogP contribution in [0.25, 0.3) is 0 Å². The van der Waals surface area contributed by atoms with Gasteiger partial charge in [-0.1, -0.05) is 32.9 Å². The molecule has 1 fully saturated rings. The molecule has 7 nitrogen and oxygen atoms in total. The minimum Gasteiger partial charge on any atom is -0.444 e. The van der Waals surface area contributed by atoms with Crippen molar-refractivity contribution in [2.75, 3.05) is 13.1 Å². The summed E-state index contributed by atoms with van der Waals surface area (Å²) in [6, 6.07) is 0.427. The van der Waals surface area contributed by atoms with Crippen molar-refractivity contribution in [3.63, 3.8) is 0 Å². The molecule has 2 aromatic heterocycles. The predicted octanol–water partition coefficient (Wildman–Crippen LogP) is 2.67. The molecule has 2 aromatic rings. The van der Waals surface area contributed by atoms with Gasteiger partial charge >= 0.3 is 0 Å². The zero-order valence-electron chi connectivity index (χ0n) is 15.7. The third-order valence-electron chi connectivity index (χ3n) is 4.52. The average molecular weight is 347 g/mol. The van der Waals surface area contributed by atoms with E-state index in [0.717, 1.165) is 56.4 Å². The Balaban J connectivity index is 1.49. The van der Waals surface area contributed by atoms with Crippen LogP contribution in [0, 0.1) is 0 Å². The maximum absolute atomic E-state index is 5.86. The summed E-state index contributed by atoms with van der Waals surface area (Å²) in [7, 11) is 0. The Bertz CT molecular complexity index is 673. The lowest BCUT2D eigenvalue weighted by Gasteiger charge is -2.32. The molecule has 3 heterocycles. The lowest BCUT2D eigenvalue weighted by Crippen LogP contribution is -2.45. The smallest absolute Gasteiger partial charge is 0.226 e. The standard InChI is InChI=1S/C18H29N5O2/c1-5-16-21-15(22-25-16)12-23-8-6-7-13(11-23)19-10-17-20-9-14(24-17)18(2,3)4/h9,13,19H,5-8,10-12H2,1-4H3/t13-/m0/s1. The highest BCUT2D eigenvalue weighted by Gasteiger charge is 2.23. The molecule has 0 radical (unpaired) electrons. The molecule has 0 aliphatic carbocycles. The normalized spacial score (nSPS) is 19.4. The molecule has 0 spiro atoms. The molecule has 1 aliphatic rings. The van der Waals surface area contributed by atoms with E-state index in [4.69, 9.17) is 8.94 Å². The Morgan fingerprint density at radius 2 is 2.16 bits per heavy atom. The zero-order valence-corrected chi connectivity index (χ0v) is 15.7. The molecule has 0 unspecified atom stereocenters. The number of aromatic nitrogens is 3. The maximum Gasteiger partial charge on any atom is 0.226 e. The lowest BCUT2D eigenvalue weighted by atomic mass is 9.94. The maximum atomic E-state index is 5.86. The Hall–Kier alpha value is -1.73. The Labute approximate surface area is 149 Å². The van der Waals surface area contributed by atoms with Crippen LogP contribution in [0.15, 0.2) is 15.1 Å². The number of hydrogen-bond donors (Lipinski definition) is 1. The topological polar surface area (TPSA) is 80.2 Å². The number of aryl methyl sites for hydroxylation is 1. The molecule has 1 atom stereocenters. The van der Waals surface area contributed by atoms with Gasteiger partial charge in [0.2, 0.25) is 11.8 Å². The highest BCUT2D eigenvalue weighted by molar-refractivity contribution is 5.06. The van der Waals surface area contributed by atoms with Gasteiger partial charge in [-0.15, -0.1) is 0 Å². The van der Waals surface area contributed by atoms with Crippen LogP contribution in [0.1, 0.15) is 63.9 Å². The zero-order chi connectivity index (χ0) is 17.9. The number of nitrogens with one attached hydrogen (secondary N) is 1. The number of hydrogen-bond acceptors (Lipinski definition) is 7. The van der Waals surface area contributed by atoms with E-state index in [2.05, 4.69) is 46.1 Å². The van der Waals surface area contributed by atoms with E-state index >= 15 is 0 Å². The summed E-state index contributed by atoms with van der Waals surface area (Å²) in [6.45, 7) is 11.9. The van der Waals surface area contributed by atoms with Crippen LogP contribution in [0.4, 0.5) is 0 Å². The summed E-state index contributed by atoms with van der Waals surface area (Å²) in [4.78, 5) is 11.2. The van der Waals surface area contributed by atoms with Crippen LogP contribution in [-0.4, -0.2) is 39.2 Å². The number of likely N-dealkylation sites (tertiary alicyclic amines) is 1. The Morgan fingerprint density at radius 1 is 1.32 bits per heavy atom. The molecule has 7 heteroatoms. The van der Waals surface area contributed by atoms with Crippen LogP contribution < -0.4 is 5.32 Å². The Morgan fingerprint density at radius 3 is 2.84 bits per heavy atom. The van der Waals surface area contributed by atoms with Crippen molar-refractivity contribution in [1.29, 1.82) is 0 Å². The van der Waals surface area contributed by atoms with Crippen molar-refractivity contribution >= 4 is 0 Å². The first-order valence-electron chi connectivity index (χ1n) is 9.16. The van der Waals surface area contributed by atoms with Crippen LogP contribution >= 0.6 is 0 Å². The molecular formula is C18H29N5O2. The minimum atomic E-state index is -0.00513. The van der Waals surface area contributed by atoms with Crippen LogP contribution in [0.5, 0.6) is 0 Å². The van der Waals surface area contributed by atoms with E-state index in [1.165, 1.54) is 0 Å². The quantitative estimate of drug-likeness (QED) is 0.860. The predicted molar refractivity (Wildman–Crippen MR) is 94.0 cm³/mol. The SMILES string of the molecule is CCc1nc(CN2CCC[C@H](NCc3ncc(C(C)(C)C)o3)C2)no1. The van der Waals surface area contributed by atoms with Gasteiger partial charge in [0.25, 0.3) is 0 Å². The van der Waals surface area contributed by atoms with E-state index in [-0.39, 0.29) is 5.41 Å². The molecule has 0 aromatic carbocycles. The van der Waals surface area contributed by atoms with Gasteiger partial charge in [-0.2, -0.15) is 4.98 Å². The summed E-state index contributed by atoms with van der Waals surface area (Å²) in [6.07, 6.45) is 4.94. The first kappa shape index (κ1) is 18.1. The lowest BCUT2D eigenvalue weighted by molar-refractivity contribution is 0.175. The first-order valence-corrected chi connectivity index (χ1v) is 9.16. The highest BCUT2D eigenvalue weighted by atomic mass is 16.5. The van der Waals surface area contributed by atoms with Gasteiger partial charge in [0.15, 0.2) is 5.82 Å². The molecule has 0 amide bonds. The molecule has 1 aliphatic heterocycles. The van der Waals surface area contributed by atoms with E-state index in [0.29, 0.717) is 18.5 Å². The Kier molecular flexibility index (Phi) is 5.54. The van der Waals surface area contributed by atoms with E-state index in [9.17, 15) is 0 Å². The van der Waals surface area contributed by atoms with Crippen molar-refractivity contribution < 1.29 is 8.94 Å². The summed E-state index contributed by atoms with van der Waals surface area (Å²) >= 11 is 0. The second-order valence-corrected chi connectivity index (χ2v) is 7.78. The van der Waals surface area contributed by atoms with Crippen molar-refractivity contribution in [3.05, 3.63) is 29.6 Å². The van der Waals surface area contributed by atoms with Crippen LogP contribution in [-0.2, 0) is 24.9 Å². The largest absolute Gasteiger partial charge is 0.444 e. The van der Waals surface area contributed by atoms with Crippen molar-refractivity contribution in [1.82, 2.24) is 25.3 Å². The fourth-order valence-electron chi connectivity index (χ4n) is 3.03. The second kappa shape index (κ2) is 7.66. The number of nitrogens with zero attached hydrogens (tertiary/aromatic N) is 4. The summed E-state index contributed by atoms with van der Waals surface area (Å²) in [5, 5.41) is 7.62. The van der Waals surface area contributed by atoms with E-state index < -0.39 is 0 Å². The van der Waals surface area contributed by atoms with Crippen molar-refractivity contribution in [2.45, 2.75) is 71.5 Å². The number of oxazole rings is 1. The third-order valence-corrected chi connectivity index (χ3v) is 4.52. The number of rotatable bonds is 6. The third kappa shape index (κ3) is 4.89. The molecule has 1 N–H and O–H groups in total. The highest BCUT2D eigenvalue weighted by Crippen LogP contribution is 2.22. The van der Waals surface area contributed by atoms with Gasteiger partial charge in [-0.25, -0.2) is 4.98 Å². The van der Waals surface area contributed by atoms with Gasteiger partial charge < -0.3 is 14.3 Å². The van der Waals surface area contributed by atoms with Gasteiger partial charge in [-0.05, 0) is 19.4 Å². The van der Waals surface area contributed by atoms with Crippen molar-refractivity contribution in [2.24, 2.45) is 0 Å². The molecule has 138 valence electrons. The van der Waals surface area contributed by atoms with Gasteiger partial charge in [-0.3, -0.25) is 4.90 Å². The summed E-state index contributed by atoms with van der Waals surface area (Å²) < 4.78 is 11.1. The van der Waals surface area contributed by atoms with Gasteiger partial charge in [0.1, 0.15) is 5.76 Å². The molecule has 1 saturated heterocycles. The minimum absolute atomic E-state index is 0.00513. The number of piperidine rings is 1. The van der Waals surface area contributed by atoms with Gasteiger partial charge in [0, 0.05) is 24.4 Å². The summed E-state index contributed by atoms with van der Waals surface area (Å²) in [5.74, 6) is 3.17. The van der Waals surface area contributed by atoms with Gasteiger partial charge in [0.05, 0.1) is 19.3 Å². The van der Waals surface area contributed by atoms with Crippen LogP contribution in [0.3, 0.4) is 0 Å².